The Bertz CT molecular complexity index is 1120. The number of hydrogen-bond donors (Lipinski definition) is 2. The molecule has 1 heterocycles. The van der Waals surface area contributed by atoms with E-state index < -0.39 is 24.1 Å². The van der Waals surface area contributed by atoms with E-state index in [4.69, 9.17) is 10.5 Å². The zero-order valence-electron chi connectivity index (χ0n) is 17.3. The van der Waals surface area contributed by atoms with Crippen molar-refractivity contribution >= 4 is 23.6 Å². The molecule has 0 saturated carbocycles. The third-order valence-electron chi connectivity index (χ3n) is 5.28. The number of benzene rings is 3. The lowest BCUT2D eigenvalue weighted by atomic mass is 10.0. The Labute approximate surface area is 185 Å². The Hall–Kier alpha value is -4.13. The summed E-state index contributed by atoms with van der Waals surface area (Å²) in [6, 6.07) is 24.7. The van der Waals surface area contributed by atoms with Crippen LogP contribution in [-0.2, 0) is 27.3 Å². The molecule has 162 valence electrons. The highest BCUT2D eigenvalue weighted by Crippen LogP contribution is 2.34. The summed E-state index contributed by atoms with van der Waals surface area (Å²) in [7, 11) is 0. The molecule has 3 aromatic carbocycles. The van der Waals surface area contributed by atoms with Crippen LogP contribution in [0.1, 0.15) is 22.8 Å². The molecule has 7 heteroatoms. The number of nitrogens with one attached hydrogen (secondary N) is 1. The molecule has 4 rings (SSSR count). The molecule has 3 N–H and O–H groups in total. The van der Waals surface area contributed by atoms with Crippen LogP contribution in [-0.4, -0.2) is 28.8 Å². The van der Waals surface area contributed by atoms with Gasteiger partial charge in [0.15, 0.2) is 12.1 Å². The highest BCUT2D eigenvalue weighted by atomic mass is 16.6. The number of amides is 3. The lowest BCUT2D eigenvalue weighted by molar-refractivity contribution is -0.123. The van der Waals surface area contributed by atoms with Gasteiger partial charge in [0.1, 0.15) is 0 Å². The molecular formula is C25H23N3O4. The van der Waals surface area contributed by atoms with Crippen LogP contribution in [0.5, 0.6) is 0 Å². The summed E-state index contributed by atoms with van der Waals surface area (Å²) in [4.78, 5) is 38.6. The molecule has 2 atom stereocenters. The van der Waals surface area contributed by atoms with Gasteiger partial charge in [0.05, 0.1) is 13.0 Å². The molecule has 0 radical (unpaired) electrons. The second kappa shape index (κ2) is 9.34. The van der Waals surface area contributed by atoms with E-state index in [2.05, 4.69) is 5.32 Å². The van der Waals surface area contributed by atoms with Crippen LogP contribution < -0.4 is 11.1 Å². The third kappa shape index (κ3) is 4.78. The van der Waals surface area contributed by atoms with Gasteiger partial charge in [-0.05, 0) is 28.8 Å². The average Bonchev–Trinajstić information content (AvgIpc) is 3.11. The molecule has 7 nitrogen and oxygen atoms in total. The van der Waals surface area contributed by atoms with Crippen LogP contribution in [0.2, 0.25) is 0 Å². The molecule has 3 aromatic rings. The van der Waals surface area contributed by atoms with Crippen molar-refractivity contribution in [3.8, 4) is 0 Å². The molecule has 1 fully saturated rings. The predicted molar refractivity (Wildman–Crippen MR) is 119 cm³/mol. The van der Waals surface area contributed by atoms with Gasteiger partial charge in [0.2, 0.25) is 11.8 Å². The predicted octanol–water partition coefficient (Wildman–Crippen LogP) is 3.42. The molecule has 0 unspecified atom stereocenters. The maximum atomic E-state index is 12.6. The Balaban J connectivity index is 1.51. The molecule has 0 bridgehead atoms. The Morgan fingerprint density at radius 1 is 0.906 bits per heavy atom. The van der Waals surface area contributed by atoms with Crippen molar-refractivity contribution in [3.63, 3.8) is 0 Å². The summed E-state index contributed by atoms with van der Waals surface area (Å²) in [5, 5.41) is 2.85. The lowest BCUT2D eigenvalue weighted by Gasteiger charge is -2.22. The molecule has 0 aliphatic carbocycles. The quantitative estimate of drug-likeness (QED) is 0.601. The first-order valence-corrected chi connectivity index (χ1v) is 10.3. The highest BCUT2D eigenvalue weighted by Gasteiger charge is 2.46. The molecule has 0 spiro atoms. The summed E-state index contributed by atoms with van der Waals surface area (Å²) in [5.41, 5.74) is 8.54. The first-order chi connectivity index (χ1) is 15.5. The van der Waals surface area contributed by atoms with Gasteiger partial charge < -0.3 is 15.8 Å². The number of anilines is 1. The number of nitrogens with zero attached hydrogens (tertiary/aromatic N) is 1. The minimum atomic E-state index is -0.960. The second-order valence-corrected chi connectivity index (χ2v) is 7.60. The van der Waals surface area contributed by atoms with Crippen molar-refractivity contribution in [3.05, 3.63) is 102 Å². The summed E-state index contributed by atoms with van der Waals surface area (Å²) in [6.07, 6.45) is -1.24. The summed E-state index contributed by atoms with van der Waals surface area (Å²) >= 11 is 0. The fraction of sp³-hybridized carbons (Fsp3) is 0.160. The minimum Gasteiger partial charge on any atom is -0.438 e. The molecule has 1 aliphatic rings. The molecule has 32 heavy (non-hydrogen) atoms. The van der Waals surface area contributed by atoms with Gasteiger partial charge >= 0.3 is 6.09 Å². The number of carbonyl (C=O) groups excluding carboxylic acids is 3. The van der Waals surface area contributed by atoms with Crippen molar-refractivity contribution in [1.29, 1.82) is 0 Å². The van der Waals surface area contributed by atoms with Gasteiger partial charge in [-0.15, -0.1) is 0 Å². The number of ether oxygens (including phenoxy) is 1. The summed E-state index contributed by atoms with van der Waals surface area (Å²) in [6.45, 7) is 0.206. The summed E-state index contributed by atoms with van der Waals surface area (Å²) < 4.78 is 5.54. The Morgan fingerprint density at radius 3 is 2.22 bits per heavy atom. The monoisotopic (exact) mass is 429 g/mol. The van der Waals surface area contributed by atoms with Crippen LogP contribution >= 0.6 is 0 Å². The number of carbonyl (C=O) groups is 3. The van der Waals surface area contributed by atoms with E-state index in [1.54, 1.807) is 24.3 Å². The van der Waals surface area contributed by atoms with Gasteiger partial charge in [0.25, 0.3) is 0 Å². The van der Waals surface area contributed by atoms with Gasteiger partial charge in [-0.3, -0.25) is 14.5 Å². The molecule has 1 saturated heterocycles. The topological polar surface area (TPSA) is 102 Å². The first kappa shape index (κ1) is 21.1. The van der Waals surface area contributed by atoms with E-state index in [0.29, 0.717) is 11.3 Å². The lowest BCUT2D eigenvalue weighted by Crippen LogP contribution is -2.43. The smallest absolute Gasteiger partial charge is 0.411 e. The van der Waals surface area contributed by atoms with E-state index in [0.717, 1.165) is 11.1 Å². The number of hydrogen-bond acceptors (Lipinski definition) is 4. The molecule has 0 aromatic heterocycles. The van der Waals surface area contributed by atoms with Gasteiger partial charge in [-0.25, -0.2) is 4.79 Å². The van der Waals surface area contributed by atoms with Gasteiger partial charge in [0, 0.05) is 5.69 Å². The van der Waals surface area contributed by atoms with Crippen molar-refractivity contribution < 1.29 is 19.1 Å². The highest BCUT2D eigenvalue weighted by molar-refractivity contribution is 5.92. The average molecular weight is 429 g/mol. The van der Waals surface area contributed by atoms with Crippen LogP contribution in [0.4, 0.5) is 10.5 Å². The van der Waals surface area contributed by atoms with Crippen LogP contribution in [0.25, 0.3) is 0 Å². The molecular weight excluding hydrogens is 406 g/mol. The van der Waals surface area contributed by atoms with Crippen molar-refractivity contribution in [2.45, 2.75) is 25.1 Å². The zero-order valence-corrected chi connectivity index (χ0v) is 17.3. The maximum absolute atomic E-state index is 12.6. The number of rotatable bonds is 7. The third-order valence-corrected chi connectivity index (χ3v) is 5.28. The van der Waals surface area contributed by atoms with Crippen LogP contribution in [0, 0.1) is 0 Å². The van der Waals surface area contributed by atoms with Gasteiger partial charge in [-0.2, -0.15) is 0 Å². The van der Waals surface area contributed by atoms with Crippen molar-refractivity contribution in [1.82, 2.24) is 4.90 Å². The molecule has 3 amide bonds. The van der Waals surface area contributed by atoms with E-state index in [-0.39, 0.29) is 18.9 Å². The van der Waals surface area contributed by atoms with Crippen LogP contribution in [0.3, 0.4) is 0 Å². The van der Waals surface area contributed by atoms with Gasteiger partial charge in [-0.1, -0.05) is 72.8 Å². The summed E-state index contributed by atoms with van der Waals surface area (Å²) in [5.74, 6) is -0.829. The van der Waals surface area contributed by atoms with E-state index in [9.17, 15) is 14.4 Å². The standard InChI is InChI=1S/C25H23N3O4/c26-24(30)22-23(32-25(31)28(22)16-18-10-5-2-6-11-18)19-12-7-13-20(15-19)27-21(29)14-17-8-3-1-4-9-17/h1-13,15,22-23H,14,16H2,(H2,26,30)(H,27,29)/t22-,23+/m1/s1. The van der Waals surface area contributed by atoms with E-state index in [1.165, 1.54) is 4.90 Å². The van der Waals surface area contributed by atoms with E-state index >= 15 is 0 Å². The largest absolute Gasteiger partial charge is 0.438 e. The number of nitrogens with two attached hydrogens (primary N) is 1. The SMILES string of the molecule is NC(=O)[C@H]1[C@H](c2cccc(NC(=O)Cc3ccccc3)c2)OC(=O)N1Cc1ccccc1. The maximum Gasteiger partial charge on any atom is 0.411 e. The van der Waals surface area contributed by atoms with E-state index in [1.807, 2.05) is 60.7 Å². The normalized spacial score (nSPS) is 17.6. The minimum absolute atomic E-state index is 0.172. The zero-order chi connectivity index (χ0) is 22.5. The number of primary amides is 1. The Morgan fingerprint density at radius 2 is 1.56 bits per heavy atom. The fourth-order valence-corrected chi connectivity index (χ4v) is 3.79. The molecule has 1 aliphatic heterocycles. The Kier molecular flexibility index (Phi) is 6.17. The van der Waals surface area contributed by atoms with Crippen LogP contribution in [0.15, 0.2) is 84.9 Å². The van der Waals surface area contributed by atoms with Crippen molar-refractivity contribution in [2.24, 2.45) is 5.73 Å². The van der Waals surface area contributed by atoms with Crippen molar-refractivity contribution in [2.75, 3.05) is 5.32 Å². The number of cyclic esters (lactones) is 1. The second-order valence-electron chi connectivity index (χ2n) is 7.60. The fourth-order valence-electron chi connectivity index (χ4n) is 3.79. The first-order valence-electron chi connectivity index (χ1n) is 10.3.